The number of nitriles is 3. The Hall–Kier alpha value is -3.14. The highest BCUT2D eigenvalue weighted by atomic mass is 19.1. The maximum absolute atomic E-state index is 13.8. The van der Waals surface area contributed by atoms with Crippen molar-refractivity contribution in [3.05, 3.63) is 58.6 Å². The molecule has 1 aliphatic carbocycles. The fourth-order valence-corrected chi connectivity index (χ4v) is 3.90. The van der Waals surface area contributed by atoms with Crippen LogP contribution in [0.4, 0.5) is 4.39 Å². The van der Waals surface area contributed by atoms with Crippen LogP contribution in [-0.4, -0.2) is 25.0 Å². The third kappa shape index (κ3) is 2.38. The van der Waals surface area contributed by atoms with E-state index in [2.05, 4.69) is 6.07 Å². The number of nitrogens with two attached hydrogens (primary N) is 1. The van der Waals surface area contributed by atoms with E-state index in [1.54, 1.807) is 12.1 Å². The summed E-state index contributed by atoms with van der Waals surface area (Å²) >= 11 is 0. The molecule has 0 radical (unpaired) electrons. The summed E-state index contributed by atoms with van der Waals surface area (Å²) in [5.41, 5.74) is 5.89. The molecule has 0 fully saturated rings. The van der Waals surface area contributed by atoms with Gasteiger partial charge in [-0.3, -0.25) is 0 Å². The van der Waals surface area contributed by atoms with Gasteiger partial charge in [-0.2, -0.15) is 15.8 Å². The molecule has 2 N–H and O–H groups in total. The van der Waals surface area contributed by atoms with Gasteiger partial charge in [0.25, 0.3) is 0 Å². The first-order chi connectivity index (χ1) is 12.0. The normalized spacial score (nSPS) is 25.2. The van der Waals surface area contributed by atoms with Gasteiger partial charge in [0.15, 0.2) is 5.41 Å². The van der Waals surface area contributed by atoms with Gasteiger partial charge in [0, 0.05) is 24.9 Å². The van der Waals surface area contributed by atoms with Gasteiger partial charge in [-0.15, -0.1) is 0 Å². The SMILES string of the molecule is CN1CC=C2C(C#N)=C(N)C(C#N)(C#N)[C@@H](c3cccc(F)c3)[C@@H]2C1. The summed E-state index contributed by atoms with van der Waals surface area (Å²) in [6.07, 6.45) is 1.91. The first-order valence-corrected chi connectivity index (χ1v) is 7.85. The molecule has 1 aliphatic heterocycles. The van der Waals surface area contributed by atoms with E-state index in [1.807, 2.05) is 30.2 Å². The summed E-state index contributed by atoms with van der Waals surface area (Å²) < 4.78 is 13.8. The van der Waals surface area contributed by atoms with Crippen molar-refractivity contribution in [1.82, 2.24) is 4.90 Å². The predicted molar refractivity (Wildman–Crippen MR) is 88.7 cm³/mol. The van der Waals surface area contributed by atoms with Gasteiger partial charge in [0.05, 0.1) is 23.4 Å². The Morgan fingerprint density at radius 1 is 1.28 bits per heavy atom. The highest BCUT2D eigenvalue weighted by molar-refractivity contribution is 5.59. The van der Waals surface area contributed by atoms with Crippen molar-refractivity contribution in [3.63, 3.8) is 0 Å². The Morgan fingerprint density at radius 3 is 2.60 bits per heavy atom. The Balaban J connectivity index is 2.34. The molecule has 124 valence electrons. The maximum atomic E-state index is 13.8. The lowest BCUT2D eigenvalue weighted by Gasteiger charge is -2.45. The number of halogens is 1. The molecule has 0 saturated carbocycles. The van der Waals surface area contributed by atoms with Gasteiger partial charge in [-0.1, -0.05) is 18.2 Å². The first-order valence-electron chi connectivity index (χ1n) is 7.85. The van der Waals surface area contributed by atoms with E-state index < -0.39 is 17.2 Å². The van der Waals surface area contributed by atoms with Crippen molar-refractivity contribution in [3.8, 4) is 18.2 Å². The van der Waals surface area contributed by atoms with Crippen LogP contribution in [0.1, 0.15) is 11.5 Å². The van der Waals surface area contributed by atoms with Gasteiger partial charge in [0.2, 0.25) is 0 Å². The molecule has 2 aliphatic rings. The van der Waals surface area contributed by atoms with Crippen LogP contribution >= 0.6 is 0 Å². The van der Waals surface area contributed by atoms with Crippen molar-refractivity contribution in [2.45, 2.75) is 5.92 Å². The summed E-state index contributed by atoms with van der Waals surface area (Å²) in [4.78, 5) is 2.04. The fraction of sp³-hybridized carbons (Fsp3) is 0.316. The van der Waals surface area contributed by atoms with E-state index in [0.717, 1.165) is 5.57 Å². The minimum atomic E-state index is -1.71. The smallest absolute Gasteiger partial charge is 0.191 e. The van der Waals surface area contributed by atoms with Crippen LogP contribution in [0.15, 0.2) is 47.2 Å². The van der Waals surface area contributed by atoms with Gasteiger partial charge < -0.3 is 10.6 Å². The van der Waals surface area contributed by atoms with Gasteiger partial charge in [-0.05, 0) is 30.3 Å². The number of nitrogens with zero attached hydrogens (tertiary/aromatic N) is 4. The van der Waals surface area contributed by atoms with Crippen LogP contribution in [-0.2, 0) is 0 Å². The van der Waals surface area contributed by atoms with Crippen LogP contribution in [0.2, 0.25) is 0 Å². The second-order valence-corrected chi connectivity index (χ2v) is 6.45. The van der Waals surface area contributed by atoms with Crippen molar-refractivity contribution >= 4 is 0 Å². The van der Waals surface area contributed by atoms with Crippen LogP contribution in [0.25, 0.3) is 0 Å². The molecular formula is C19H16FN5. The Labute approximate surface area is 145 Å². The molecule has 5 nitrogen and oxygen atoms in total. The number of likely N-dealkylation sites (N-methyl/N-ethyl adjacent to an activating group) is 1. The van der Waals surface area contributed by atoms with Crippen molar-refractivity contribution in [1.29, 1.82) is 15.8 Å². The molecule has 3 rings (SSSR count). The highest BCUT2D eigenvalue weighted by Crippen LogP contribution is 2.53. The lowest BCUT2D eigenvalue weighted by atomic mass is 9.58. The topological polar surface area (TPSA) is 101 Å². The van der Waals surface area contributed by atoms with Crippen LogP contribution in [0.5, 0.6) is 0 Å². The van der Waals surface area contributed by atoms with E-state index in [1.165, 1.54) is 12.1 Å². The molecule has 1 aromatic carbocycles. The zero-order valence-electron chi connectivity index (χ0n) is 13.7. The average Bonchev–Trinajstić information content (AvgIpc) is 2.61. The summed E-state index contributed by atoms with van der Waals surface area (Å²) in [6, 6.07) is 12.0. The van der Waals surface area contributed by atoms with Crippen molar-refractivity contribution in [2.24, 2.45) is 17.1 Å². The molecule has 0 amide bonds. The zero-order chi connectivity index (χ0) is 18.2. The molecule has 1 heterocycles. The maximum Gasteiger partial charge on any atom is 0.191 e. The average molecular weight is 333 g/mol. The monoisotopic (exact) mass is 333 g/mol. The largest absolute Gasteiger partial charge is 0.399 e. The molecule has 1 aromatic rings. The van der Waals surface area contributed by atoms with Gasteiger partial charge in [0.1, 0.15) is 11.9 Å². The number of fused-ring (bicyclic) bond motifs is 1. The fourth-order valence-electron chi connectivity index (χ4n) is 3.90. The van der Waals surface area contributed by atoms with Gasteiger partial charge in [-0.25, -0.2) is 4.39 Å². The summed E-state index contributed by atoms with van der Waals surface area (Å²) in [7, 11) is 1.92. The van der Waals surface area contributed by atoms with Crippen molar-refractivity contribution in [2.75, 3.05) is 20.1 Å². The third-order valence-electron chi connectivity index (χ3n) is 5.05. The number of hydrogen-bond acceptors (Lipinski definition) is 5. The number of rotatable bonds is 1. The lowest BCUT2D eigenvalue weighted by Crippen LogP contribution is -2.47. The second kappa shape index (κ2) is 6.06. The van der Waals surface area contributed by atoms with E-state index >= 15 is 0 Å². The van der Waals surface area contributed by atoms with Gasteiger partial charge >= 0.3 is 0 Å². The molecule has 6 heteroatoms. The Bertz CT molecular complexity index is 895. The number of hydrogen-bond donors (Lipinski definition) is 1. The minimum absolute atomic E-state index is 0.0404. The number of allylic oxidation sites excluding steroid dienone is 2. The molecule has 0 saturated heterocycles. The molecule has 0 unspecified atom stereocenters. The molecule has 2 atom stereocenters. The van der Waals surface area contributed by atoms with Crippen LogP contribution in [0, 0.1) is 51.1 Å². The first kappa shape index (κ1) is 16.7. The third-order valence-corrected chi connectivity index (χ3v) is 5.05. The lowest BCUT2D eigenvalue weighted by molar-refractivity contribution is 0.237. The van der Waals surface area contributed by atoms with Crippen LogP contribution in [0.3, 0.4) is 0 Å². The molecule has 0 spiro atoms. The van der Waals surface area contributed by atoms with Crippen molar-refractivity contribution < 1.29 is 4.39 Å². The quantitative estimate of drug-likeness (QED) is 0.849. The second-order valence-electron chi connectivity index (χ2n) is 6.45. The van der Waals surface area contributed by atoms with Crippen LogP contribution < -0.4 is 5.73 Å². The summed E-state index contributed by atoms with van der Waals surface area (Å²) in [6.45, 7) is 1.20. The number of benzene rings is 1. The van der Waals surface area contributed by atoms with E-state index in [0.29, 0.717) is 18.7 Å². The van der Waals surface area contributed by atoms with E-state index in [-0.39, 0.29) is 17.2 Å². The molecule has 0 bridgehead atoms. The van der Waals surface area contributed by atoms with E-state index in [9.17, 15) is 20.2 Å². The summed E-state index contributed by atoms with van der Waals surface area (Å²) in [5.74, 6) is -1.38. The summed E-state index contributed by atoms with van der Waals surface area (Å²) in [5, 5.41) is 29.3. The van der Waals surface area contributed by atoms with E-state index in [4.69, 9.17) is 5.73 Å². The minimum Gasteiger partial charge on any atom is -0.399 e. The molecule has 0 aromatic heterocycles. The highest BCUT2D eigenvalue weighted by Gasteiger charge is 2.54. The predicted octanol–water partition coefficient (Wildman–Crippen LogP) is 2.18. The standard InChI is InChI=1S/C19H16FN5/c1-25-6-5-14-15(8-21)18(24)19(10-22,11-23)17(16(14)9-25)12-3-2-4-13(20)7-12/h2-5,7,16-17H,6,9,24H2,1H3/t16-,17+/m1/s1. The molecule has 25 heavy (non-hydrogen) atoms. The Kier molecular flexibility index (Phi) is 4.05. The zero-order valence-corrected chi connectivity index (χ0v) is 13.7. The Morgan fingerprint density at radius 2 is 2.00 bits per heavy atom. The molecular weight excluding hydrogens is 317 g/mol.